The zero-order chi connectivity index (χ0) is 43.7. The first-order chi connectivity index (χ1) is 29.5. The quantitative estimate of drug-likeness (QED) is 0.0345. The first-order valence-corrected chi connectivity index (χ1v) is 27.0. The summed E-state index contributed by atoms with van der Waals surface area (Å²) < 4.78 is 16.7. The van der Waals surface area contributed by atoms with Gasteiger partial charge in [-0.1, -0.05) is 271 Å². The standard InChI is InChI=1S/C54H104O6/c1-4-7-10-13-15-17-19-20-21-22-23-24-25-26-27-28-29-30-31-32-33-35-36-38-41-44-47-53(56)59-50-51(49-58-52(55)46-43-40-12-9-6-3)60-54(57)48-45-42-39-37-34-18-16-14-11-8-5-2/h51H,4-50H2,1-3H3. The Hall–Kier alpha value is -1.59. The van der Waals surface area contributed by atoms with Gasteiger partial charge in [0.2, 0.25) is 0 Å². The first-order valence-electron chi connectivity index (χ1n) is 27.0. The number of unbranched alkanes of at least 4 members (excludes halogenated alkanes) is 39. The lowest BCUT2D eigenvalue weighted by atomic mass is 10.0. The van der Waals surface area contributed by atoms with Gasteiger partial charge in [-0.2, -0.15) is 0 Å². The van der Waals surface area contributed by atoms with Gasteiger partial charge in [-0.25, -0.2) is 0 Å². The fourth-order valence-corrected chi connectivity index (χ4v) is 8.27. The smallest absolute Gasteiger partial charge is 0.306 e. The van der Waals surface area contributed by atoms with Gasteiger partial charge in [0, 0.05) is 19.3 Å². The van der Waals surface area contributed by atoms with Crippen molar-refractivity contribution in [3.63, 3.8) is 0 Å². The number of esters is 3. The van der Waals surface area contributed by atoms with E-state index in [1.54, 1.807) is 0 Å². The van der Waals surface area contributed by atoms with Crippen molar-refractivity contribution < 1.29 is 28.6 Å². The van der Waals surface area contributed by atoms with Crippen molar-refractivity contribution in [3.8, 4) is 0 Å². The van der Waals surface area contributed by atoms with Crippen molar-refractivity contribution in [2.24, 2.45) is 0 Å². The van der Waals surface area contributed by atoms with Gasteiger partial charge < -0.3 is 14.2 Å². The molecular formula is C54H104O6. The number of carbonyl (C=O) groups is 3. The molecule has 0 fully saturated rings. The molecule has 0 aromatic carbocycles. The third kappa shape index (κ3) is 47.5. The fraction of sp³-hybridized carbons (Fsp3) is 0.944. The van der Waals surface area contributed by atoms with E-state index in [9.17, 15) is 14.4 Å². The second-order valence-electron chi connectivity index (χ2n) is 18.5. The third-order valence-corrected chi connectivity index (χ3v) is 12.4. The highest BCUT2D eigenvalue weighted by Crippen LogP contribution is 2.17. The summed E-state index contributed by atoms with van der Waals surface area (Å²) in [5, 5.41) is 0. The normalized spacial score (nSPS) is 11.8. The molecule has 1 atom stereocenters. The van der Waals surface area contributed by atoms with Crippen LogP contribution in [0, 0.1) is 0 Å². The lowest BCUT2D eigenvalue weighted by molar-refractivity contribution is -0.167. The molecule has 60 heavy (non-hydrogen) atoms. The first kappa shape index (κ1) is 58.4. The summed E-state index contributed by atoms with van der Waals surface area (Å²) in [5.74, 6) is -0.860. The van der Waals surface area contributed by atoms with Crippen LogP contribution < -0.4 is 0 Å². The van der Waals surface area contributed by atoms with Crippen molar-refractivity contribution in [2.45, 2.75) is 316 Å². The van der Waals surface area contributed by atoms with Gasteiger partial charge in [-0.15, -0.1) is 0 Å². The average Bonchev–Trinajstić information content (AvgIpc) is 3.24. The predicted molar refractivity (Wildman–Crippen MR) is 257 cm³/mol. The van der Waals surface area contributed by atoms with Crippen LogP contribution in [-0.2, 0) is 28.6 Å². The van der Waals surface area contributed by atoms with Crippen molar-refractivity contribution in [1.29, 1.82) is 0 Å². The number of hydrogen-bond donors (Lipinski definition) is 0. The summed E-state index contributed by atoms with van der Waals surface area (Å²) in [7, 11) is 0. The summed E-state index contributed by atoms with van der Waals surface area (Å²) in [4.78, 5) is 37.6. The maximum Gasteiger partial charge on any atom is 0.306 e. The van der Waals surface area contributed by atoms with Crippen LogP contribution in [0.1, 0.15) is 310 Å². The molecule has 0 aliphatic carbocycles. The molecule has 0 bridgehead atoms. The molecule has 0 aliphatic rings. The molecule has 0 aromatic heterocycles. The minimum absolute atomic E-state index is 0.0634. The van der Waals surface area contributed by atoms with Crippen LogP contribution >= 0.6 is 0 Å². The van der Waals surface area contributed by atoms with Gasteiger partial charge in [0.15, 0.2) is 6.10 Å². The second kappa shape index (κ2) is 50.1. The van der Waals surface area contributed by atoms with Crippen LogP contribution in [0.5, 0.6) is 0 Å². The van der Waals surface area contributed by atoms with E-state index in [1.165, 1.54) is 205 Å². The molecule has 0 amide bonds. The van der Waals surface area contributed by atoms with E-state index in [4.69, 9.17) is 14.2 Å². The van der Waals surface area contributed by atoms with Crippen molar-refractivity contribution in [3.05, 3.63) is 0 Å². The predicted octanol–water partition coefficient (Wildman–Crippen LogP) is 17.6. The van der Waals surface area contributed by atoms with E-state index in [2.05, 4.69) is 20.8 Å². The van der Waals surface area contributed by atoms with E-state index in [-0.39, 0.29) is 31.1 Å². The SMILES string of the molecule is CCCCCCCCCCCCCCCCCCCCCCCCCCCCC(=O)OCC(COC(=O)CCCCCCC)OC(=O)CCCCCCCCCCCCC. The van der Waals surface area contributed by atoms with Gasteiger partial charge in [0.25, 0.3) is 0 Å². The number of ether oxygens (including phenoxy) is 3. The Bertz CT molecular complexity index is 889. The molecule has 6 heteroatoms. The molecule has 0 saturated carbocycles. The zero-order valence-electron chi connectivity index (χ0n) is 40.8. The monoisotopic (exact) mass is 849 g/mol. The van der Waals surface area contributed by atoms with Crippen LogP contribution in [0.2, 0.25) is 0 Å². The van der Waals surface area contributed by atoms with Crippen LogP contribution in [0.15, 0.2) is 0 Å². The summed E-state index contributed by atoms with van der Waals surface area (Å²) in [6.45, 7) is 6.59. The third-order valence-electron chi connectivity index (χ3n) is 12.4. The van der Waals surface area contributed by atoms with E-state index >= 15 is 0 Å². The molecule has 0 spiro atoms. The van der Waals surface area contributed by atoms with Gasteiger partial charge in [0.1, 0.15) is 13.2 Å². The highest BCUT2D eigenvalue weighted by atomic mass is 16.6. The zero-order valence-corrected chi connectivity index (χ0v) is 40.8. The minimum Gasteiger partial charge on any atom is -0.462 e. The Balaban J connectivity index is 3.92. The average molecular weight is 849 g/mol. The van der Waals surface area contributed by atoms with Gasteiger partial charge >= 0.3 is 17.9 Å². The summed E-state index contributed by atoms with van der Waals surface area (Å²) in [5.41, 5.74) is 0. The molecule has 0 aliphatic heterocycles. The number of carbonyl (C=O) groups excluding carboxylic acids is 3. The maximum atomic E-state index is 12.7. The Morgan fingerprint density at radius 3 is 0.667 bits per heavy atom. The topological polar surface area (TPSA) is 78.9 Å². The highest BCUT2D eigenvalue weighted by molar-refractivity contribution is 5.71. The minimum atomic E-state index is -0.757. The highest BCUT2D eigenvalue weighted by Gasteiger charge is 2.19. The molecule has 1 unspecified atom stereocenters. The summed E-state index contributed by atoms with van der Waals surface area (Å²) in [6, 6.07) is 0. The van der Waals surface area contributed by atoms with Crippen molar-refractivity contribution >= 4 is 17.9 Å². The van der Waals surface area contributed by atoms with Crippen LogP contribution in [-0.4, -0.2) is 37.2 Å². The lowest BCUT2D eigenvalue weighted by Crippen LogP contribution is -2.30. The molecule has 0 heterocycles. The maximum absolute atomic E-state index is 12.7. The molecule has 0 radical (unpaired) electrons. The molecule has 6 nitrogen and oxygen atoms in total. The van der Waals surface area contributed by atoms with Crippen LogP contribution in [0.25, 0.3) is 0 Å². The fourth-order valence-electron chi connectivity index (χ4n) is 8.27. The largest absolute Gasteiger partial charge is 0.462 e. The number of rotatable bonds is 50. The Morgan fingerprint density at radius 2 is 0.450 bits per heavy atom. The van der Waals surface area contributed by atoms with E-state index < -0.39 is 6.10 Å². The van der Waals surface area contributed by atoms with Crippen LogP contribution in [0.3, 0.4) is 0 Å². The van der Waals surface area contributed by atoms with Crippen molar-refractivity contribution in [2.75, 3.05) is 13.2 Å². The van der Waals surface area contributed by atoms with E-state index in [1.807, 2.05) is 0 Å². The van der Waals surface area contributed by atoms with E-state index in [0.29, 0.717) is 19.3 Å². The number of hydrogen-bond acceptors (Lipinski definition) is 6. The van der Waals surface area contributed by atoms with E-state index in [0.717, 1.165) is 64.2 Å². The second-order valence-corrected chi connectivity index (χ2v) is 18.5. The molecule has 356 valence electrons. The Labute approximate surface area is 374 Å². The summed E-state index contributed by atoms with van der Waals surface area (Å²) >= 11 is 0. The molecule has 0 N–H and O–H groups in total. The van der Waals surface area contributed by atoms with Gasteiger partial charge in [-0.05, 0) is 19.3 Å². The van der Waals surface area contributed by atoms with Gasteiger partial charge in [0.05, 0.1) is 0 Å². The summed E-state index contributed by atoms with van der Waals surface area (Å²) in [6.07, 6.45) is 54.4. The lowest BCUT2D eigenvalue weighted by Gasteiger charge is -2.18. The molecule has 0 rings (SSSR count). The molecule has 0 aromatic rings. The Morgan fingerprint density at radius 1 is 0.267 bits per heavy atom. The van der Waals surface area contributed by atoms with Gasteiger partial charge in [-0.3, -0.25) is 14.4 Å². The Kier molecular flexibility index (Phi) is 48.7. The molecular weight excluding hydrogens is 745 g/mol. The van der Waals surface area contributed by atoms with Crippen molar-refractivity contribution in [1.82, 2.24) is 0 Å². The van der Waals surface area contributed by atoms with Crippen LogP contribution in [0.4, 0.5) is 0 Å². The molecule has 0 saturated heterocycles.